The number of fused-ring (bicyclic) bond motifs is 1. The molecule has 1 atom stereocenters. The summed E-state index contributed by atoms with van der Waals surface area (Å²) >= 11 is 0. The normalized spacial score (nSPS) is 13.0. The fourth-order valence-electron chi connectivity index (χ4n) is 2.84. The third kappa shape index (κ3) is 3.19. The van der Waals surface area contributed by atoms with E-state index in [1.807, 2.05) is 0 Å². The summed E-state index contributed by atoms with van der Waals surface area (Å²) in [7, 11) is 0. The maximum Gasteiger partial charge on any atom is 0.416 e. The molecule has 0 spiro atoms. The number of benzene rings is 1. The second-order valence-electron chi connectivity index (χ2n) is 5.90. The van der Waals surface area contributed by atoms with Crippen LogP contribution < -0.4 is 16.5 Å². The molecule has 2 N–H and O–H groups in total. The van der Waals surface area contributed by atoms with E-state index in [9.17, 15) is 22.8 Å². The molecule has 2 heterocycles. The van der Waals surface area contributed by atoms with Gasteiger partial charge in [0.2, 0.25) is 5.56 Å². The molecule has 3 rings (SSSR count). The van der Waals surface area contributed by atoms with Gasteiger partial charge in [-0.1, -0.05) is 12.1 Å². The third-order valence-electron chi connectivity index (χ3n) is 4.15. The number of nitrogens with zero attached hydrogens (tertiary/aromatic N) is 2. The van der Waals surface area contributed by atoms with Crippen LogP contribution in [0.25, 0.3) is 10.8 Å². The lowest BCUT2D eigenvalue weighted by molar-refractivity contribution is -0.138. The largest absolute Gasteiger partial charge is 0.416 e. The number of alkyl halides is 3. The number of aromatic nitrogens is 3. The summed E-state index contributed by atoms with van der Waals surface area (Å²) in [6.07, 6.45) is -1.71. The number of rotatable bonds is 3. The van der Waals surface area contributed by atoms with E-state index in [4.69, 9.17) is 0 Å². The smallest absolute Gasteiger partial charge is 0.328 e. The minimum atomic E-state index is -4.46. The number of halogens is 3. The van der Waals surface area contributed by atoms with Crippen molar-refractivity contribution in [3.63, 3.8) is 0 Å². The number of pyridine rings is 1. The second kappa shape index (κ2) is 6.32. The van der Waals surface area contributed by atoms with Crippen molar-refractivity contribution in [1.82, 2.24) is 14.9 Å². The van der Waals surface area contributed by atoms with E-state index < -0.39 is 28.9 Å². The summed E-state index contributed by atoms with van der Waals surface area (Å²) in [5.41, 5.74) is 1.51. The van der Waals surface area contributed by atoms with E-state index in [0.717, 1.165) is 16.9 Å². The first kappa shape index (κ1) is 17.7. The van der Waals surface area contributed by atoms with Crippen molar-refractivity contribution in [2.24, 2.45) is 0 Å². The van der Waals surface area contributed by atoms with Gasteiger partial charge in [-0.2, -0.15) is 18.3 Å². The van der Waals surface area contributed by atoms with Crippen molar-refractivity contribution in [3.8, 4) is 0 Å². The van der Waals surface area contributed by atoms with Crippen molar-refractivity contribution in [2.45, 2.75) is 26.1 Å². The van der Waals surface area contributed by atoms with E-state index in [0.29, 0.717) is 10.9 Å². The number of hydrogen-bond acceptors (Lipinski definition) is 4. The Bertz CT molecular complexity index is 1090. The zero-order valence-corrected chi connectivity index (χ0v) is 13.9. The van der Waals surface area contributed by atoms with Crippen LogP contribution in [0.15, 0.2) is 46.2 Å². The molecular weight excluding hydrogens is 349 g/mol. The second-order valence-corrected chi connectivity index (χ2v) is 5.90. The highest BCUT2D eigenvalue weighted by Gasteiger charge is 2.33. The van der Waals surface area contributed by atoms with Crippen molar-refractivity contribution in [3.05, 3.63) is 74.1 Å². The SMILES string of the molecule is Cc1c(C(C)Nn2ncc3c[nH]c(=O)cc3c2=O)cccc1C(F)(F)F. The number of aromatic amines is 1. The highest BCUT2D eigenvalue weighted by atomic mass is 19.4. The lowest BCUT2D eigenvalue weighted by atomic mass is 9.97. The highest BCUT2D eigenvalue weighted by molar-refractivity contribution is 5.79. The van der Waals surface area contributed by atoms with Crippen molar-refractivity contribution in [2.75, 3.05) is 5.43 Å². The molecule has 0 aliphatic carbocycles. The Morgan fingerprint density at radius 2 is 2.00 bits per heavy atom. The van der Waals surface area contributed by atoms with Crippen LogP contribution in [0, 0.1) is 6.92 Å². The van der Waals surface area contributed by atoms with Crippen LogP contribution in [0.3, 0.4) is 0 Å². The van der Waals surface area contributed by atoms with Crippen molar-refractivity contribution < 1.29 is 13.2 Å². The first-order chi connectivity index (χ1) is 12.2. The Labute approximate surface area is 145 Å². The van der Waals surface area contributed by atoms with Gasteiger partial charge in [-0.05, 0) is 31.0 Å². The van der Waals surface area contributed by atoms with Crippen LogP contribution >= 0.6 is 0 Å². The van der Waals surface area contributed by atoms with Crippen LogP contribution in [-0.4, -0.2) is 14.9 Å². The number of H-pyrrole nitrogens is 1. The Morgan fingerprint density at radius 3 is 2.69 bits per heavy atom. The fourth-order valence-corrected chi connectivity index (χ4v) is 2.84. The first-order valence-corrected chi connectivity index (χ1v) is 7.72. The van der Waals surface area contributed by atoms with Crippen molar-refractivity contribution >= 4 is 10.8 Å². The minimum absolute atomic E-state index is 0.0743. The monoisotopic (exact) mass is 364 g/mol. The number of nitrogens with one attached hydrogen (secondary N) is 2. The summed E-state index contributed by atoms with van der Waals surface area (Å²) in [6.45, 7) is 3.01. The minimum Gasteiger partial charge on any atom is -0.328 e. The van der Waals surface area contributed by atoms with Gasteiger partial charge >= 0.3 is 6.18 Å². The van der Waals surface area contributed by atoms with E-state index in [2.05, 4.69) is 15.5 Å². The zero-order valence-electron chi connectivity index (χ0n) is 13.9. The van der Waals surface area contributed by atoms with Crippen LogP contribution in [0.2, 0.25) is 0 Å². The predicted molar refractivity (Wildman–Crippen MR) is 90.6 cm³/mol. The summed E-state index contributed by atoms with van der Waals surface area (Å²) < 4.78 is 39.2. The summed E-state index contributed by atoms with van der Waals surface area (Å²) in [5.74, 6) is 0. The lowest BCUT2D eigenvalue weighted by Gasteiger charge is -2.20. The van der Waals surface area contributed by atoms with E-state index in [-0.39, 0.29) is 10.9 Å². The molecule has 9 heteroatoms. The first-order valence-electron chi connectivity index (χ1n) is 7.72. The Kier molecular flexibility index (Phi) is 4.31. The lowest BCUT2D eigenvalue weighted by Crippen LogP contribution is -2.33. The van der Waals surface area contributed by atoms with Gasteiger partial charge in [0.05, 0.1) is 23.2 Å². The molecule has 2 aromatic heterocycles. The number of hydrogen-bond donors (Lipinski definition) is 2. The summed E-state index contributed by atoms with van der Waals surface area (Å²) in [5, 5.41) is 4.56. The average Bonchev–Trinajstić information content (AvgIpc) is 2.57. The van der Waals surface area contributed by atoms with Gasteiger partial charge in [0.1, 0.15) is 0 Å². The summed E-state index contributed by atoms with van der Waals surface area (Å²) in [6, 6.07) is 4.41. The molecule has 0 saturated heterocycles. The maximum absolute atomic E-state index is 13.1. The Hall–Kier alpha value is -3.10. The predicted octanol–water partition coefficient (Wildman–Crippen LogP) is 2.72. The summed E-state index contributed by atoms with van der Waals surface area (Å²) in [4.78, 5) is 27.2. The molecule has 0 aliphatic heterocycles. The Balaban J connectivity index is 2.00. The van der Waals surface area contributed by atoms with Crippen molar-refractivity contribution in [1.29, 1.82) is 0 Å². The quantitative estimate of drug-likeness (QED) is 0.749. The molecule has 1 aromatic carbocycles. The van der Waals surface area contributed by atoms with E-state index in [1.54, 1.807) is 13.0 Å². The standard InChI is InChI=1S/C17H15F3N4O2/c1-9-12(4-3-5-14(9)17(18,19)20)10(2)23-24-16(26)13-6-15(25)21-7-11(13)8-22-24/h3-8,10,23H,1-2H3,(H,21,25). The van der Waals surface area contributed by atoms with Crippen LogP contribution in [0.1, 0.15) is 29.7 Å². The van der Waals surface area contributed by atoms with Crippen LogP contribution in [0.4, 0.5) is 13.2 Å². The van der Waals surface area contributed by atoms with Gasteiger partial charge in [-0.25, -0.2) is 0 Å². The van der Waals surface area contributed by atoms with Crippen LogP contribution in [-0.2, 0) is 6.18 Å². The van der Waals surface area contributed by atoms with E-state index >= 15 is 0 Å². The molecule has 0 fully saturated rings. The fraction of sp³-hybridized carbons (Fsp3) is 0.235. The van der Waals surface area contributed by atoms with Gasteiger partial charge < -0.3 is 4.98 Å². The maximum atomic E-state index is 13.1. The van der Waals surface area contributed by atoms with Gasteiger partial charge in [-0.3, -0.25) is 15.0 Å². The Morgan fingerprint density at radius 1 is 1.27 bits per heavy atom. The molecule has 1 unspecified atom stereocenters. The molecule has 26 heavy (non-hydrogen) atoms. The highest BCUT2D eigenvalue weighted by Crippen LogP contribution is 2.34. The molecule has 0 radical (unpaired) electrons. The van der Waals surface area contributed by atoms with E-state index in [1.165, 1.54) is 25.4 Å². The molecule has 0 aliphatic rings. The molecule has 3 aromatic rings. The molecule has 136 valence electrons. The average molecular weight is 364 g/mol. The molecule has 6 nitrogen and oxygen atoms in total. The third-order valence-corrected chi connectivity index (χ3v) is 4.15. The molecular formula is C17H15F3N4O2. The molecule has 0 saturated carbocycles. The van der Waals surface area contributed by atoms with Crippen LogP contribution in [0.5, 0.6) is 0 Å². The molecule has 0 bridgehead atoms. The van der Waals surface area contributed by atoms with Gasteiger partial charge in [0.25, 0.3) is 5.56 Å². The van der Waals surface area contributed by atoms with Gasteiger partial charge in [0, 0.05) is 17.6 Å². The zero-order chi connectivity index (χ0) is 19.1. The van der Waals surface area contributed by atoms with Gasteiger partial charge in [0.15, 0.2) is 0 Å². The topological polar surface area (TPSA) is 79.8 Å². The van der Waals surface area contributed by atoms with Gasteiger partial charge in [-0.15, -0.1) is 4.79 Å². The molecule has 0 amide bonds.